The predicted molar refractivity (Wildman–Crippen MR) is 116 cm³/mol. The van der Waals surface area contributed by atoms with Gasteiger partial charge in [0.15, 0.2) is 11.5 Å². The molecule has 29 heavy (non-hydrogen) atoms. The van der Waals surface area contributed by atoms with Crippen LogP contribution in [0.15, 0.2) is 60.7 Å². The van der Waals surface area contributed by atoms with Gasteiger partial charge in [-0.25, -0.2) is 0 Å². The van der Waals surface area contributed by atoms with Gasteiger partial charge in [-0.15, -0.1) is 0 Å². The lowest BCUT2D eigenvalue weighted by molar-refractivity contribution is -0.120. The molecular weight excluding hydrogens is 411 g/mol. The van der Waals surface area contributed by atoms with Crippen molar-refractivity contribution in [3.8, 4) is 11.5 Å². The zero-order valence-corrected chi connectivity index (χ0v) is 17.0. The van der Waals surface area contributed by atoms with E-state index in [0.29, 0.717) is 28.7 Å². The van der Waals surface area contributed by atoms with Gasteiger partial charge in [-0.1, -0.05) is 53.5 Å². The number of phenols is 2. The van der Waals surface area contributed by atoms with Gasteiger partial charge in [0.25, 0.3) is 0 Å². The van der Waals surface area contributed by atoms with Gasteiger partial charge < -0.3 is 20.8 Å². The van der Waals surface area contributed by atoms with E-state index in [-0.39, 0.29) is 23.8 Å². The van der Waals surface area contributed by atoms with Crippen molar-refractivity contribution >= 4 is 40.5 Å². The van der Waals surface area contributed by atoms with Gasteiger partial charge in [0.1, 0.15) is 0 Å². The highest BCUT2D eigenvalue weighted by Gasteiger charge is 2.11. The van der Waals surface area contributed by atoms with Crippen LogP contribution in [0.25, 0.3) is 0 Å². The molecule has 0 saturated heterocycles. The van der Waals surface area contributed by atoms with E-state index in [1.165, 1.54) is 12.1 Å². The van der Waals surface area contributed by atoms with Crippen molar-refractivity contribution in [1.29, 1.82) is 0 Å². The van der Waals surface area contributed by atoms with E-state index in [4.69, 9.17) is 23.2 Å². The number of hydrogen-bond donors (Lipinski definition) is 4. The fourth-order valence-electron chi connectivity index (χ4n) is 2.85. The summed E-state index contributed by atoms with van der Waals surface area (Å²) in [5, 5.41) is 25.9. The minimum absolute atomic E-state index is 0.132. The summed E-state index contributed by atoms with van der Waals surface area (Å²) in [5.41, 5.74) is 2.97. The van der Waals surface area contributed by atoms with Crippen LogP contribution < -0.4 is 10.6 Å². The van der Waals surface area contributed by atoms with Crippen LogP contribution in [0.4, 0.5) is 11.4 Å². The fourth-order valence-corrected chi connectivity index (χ4v) is 3.35. The van der Waals surface area contributed by atoms with Crippen molar-refractivity contribution in [2.24, 2.45) is 0 Å². The Morgan fingerprint density at radius 3 is 2.34 bits per heavy atom. The number of halogens is 2. The summed E-state index contributed by atoms with van der Waals surface area (Å²) in [7, 11) is 0. The van der Waals surface area contributed by atoms with Crippen molar-refractivity contribution < 1.29 is 15.0 Å². The molecule has 7 heteroatoms. The number of phenolic OH excluding ortho intramolecular Hbond substituents is 2. The summed E-state index contributed by atoms with van der Waals surface area (Å²) in [4.78, 5) is 12.4. The van der Waals surface area contributed by atoms with Crippen molar-refractivity contribution in [2.45, 2.75) is 12.8 Å². The smallest absolute Gasteiger partial charge is 0.224 e. The van der Waals surface area contributed by atoms with Gasteiger partial charge in [0, 0.05) is 12.2 Å². The van der Waals surface area contributed by atoms with E-state index >= 15 is 0 Å². The highest BCUT2D eigenvalue weighted by Crippen LogP contribution is 2.33. The molecule has 4 N–H and O–H groups in total. The van der Waals surface area contributed by atoms with Crippen molar-refractivity contribution in [3.05, 3.63) is 81.8 Å². The van der Waals surface area contributed by atoms with Crippen LogP contribution in [-0.4, -0.2) is 22.7 Å². The van der Waals surface area contributed by atoms with Crippen molar-refractivity contribution in [3.63, 3.8) is 0 Å². The molecule has 0 aromatic heterocycles. The normalized spacial score (nSPS) is 10.6. The molecular formula is C22H20Cl2N2O3. The van der Waals surface area contributed by atoms with Crippen LogP contribution >= 0.6 is 23.2 Å². The predicted octanol–water partition coefficient (Wildman–Crippen LogP) is 5.05. The molecule has 0 bridgehead atoms. The Balaban J connectivity index is 1.61. The van der Waals surface area contributed by atoms with E-state index in [1.54, 1.807) is 24.3 Å². The Kier molecular flexibility index (Phi) is 6.86. The summed E-state index contributed by atoms with van der Waals surface area (Å²) in [6.45, 7) is 0.412. The Hall–Kier alpha value is -2.89. The molecule has 0 radical (unpaired) electrons. The standard InChI is InChI=1S/C22H20Cl2N2O3/c23-16-5-3-6-17(24)22(16)26-18-7-2-1-4-15(18)13-21(29)25-11-10-14-8-9-19(27)20(28)12-14/h1-9,12,26-28H,10-11,13H2,(H,25,29). The number of para-hydroxylation sites is 2. The van der Waals surface area contributed by atoms with Gasteiger partial charge in [-0.05, 0) is 47.9 Å². The Labute approximate surface area is 178 Å². The molecule has 150 valence electrons. The van der Waals surface area contributed by atoms with Gasteiger partial charge >= 0.3 is 0 Å². The number of rotatable bonds is 7. The van der Waals surface area contributed by atoms with Gasteiger partial charge in [-0.3, -0.25) is 4.79 Å². The lowest BCUT2D eigenvalue weighted by atomic mass is 10.1. The second-order valence-corrected chi connectivity index (χ2v) is 7.29. The minimum Gasteiger partial charge on any atom is -0.504 e. The highest BCUT2D eigenvalue weighted by atomic mass is 35.5. The Morgan fingerprint density at radius 2 is 1.62 bits per heavy atom. The van der Waals surface area contributed by atoms with Crippen LogP contribution in [0.2, 0.25) is 10.0 Å². The van der Waals surface area contributed by atoms with Crippen LogP contribution in [-0.2, 0) is 17.6 Å². The summed E-state index contributed by atoms with van der Waals surface area (Å²) >= 11 is 12.5. The van der Waals surface area contributed by atoms with E-state index in [9.17, 15) is 15.0 Å². The molecule has 0 saturated carbocycles. The lowest BCUT2D eigenvalue weighted by Gasteiger charge is -2.14. The first-order chi connectivity index (χ1) is 13.9. The first kappa shape index (κ1) is 20.8. The molecule has 0 spiro atoms. The largest absolute Gasteiger partial charge is 0.504 e. The second-order valence-electron chi connectivity index (χ2n) is 6.48. The number of benzene rings is 3. The lowest BCUT2D eigenvalue weighted by Crippen LogP contribution is -2.27. The molecule has 5 nitrogen and oxygen atoms in total. The number of nitrogens with one attached hydrogen (secondary N) is 2. The fraction of sp³-hybridized carbons (Fsp3) is 0.136. The average Bonchev–Trinajstić information content (AvgIpc) is 2.69. The molecule has 3 aromatic carbocycles. The molecule has 0 aliphatic heterocycles. The maximum atomic E-state index is 12.4. The second kappa shape index (κ2) is 9.54. The molecule has 0 aliphatic carbocycles. The van der Waals surface area contributed by atoms with Crippen LogP contribution in [0.3, 0.4) is 0 Å². The van der Waals surface area contributed by atoms with Crippen LogP contribution in [0.5, 0.6) is 11.5 Å². The molecule has 0 aliphatic rings. The molecule has 1 amide bonds. The summed E-state index contributed by atoms with van der Waals surface area (Å²) in [6, 6.07) is 17.3. The van der Waals surface area contributed by atoms with E-state index in [2.05, 4.69) is 10.6 Å². The number of carbonyl (C=O) groups excluding carboxylic acids is 1. The molecule has 3 rings (SSSR count). The van der Waals surface area contributed by atoms with Gasteiger partial charge in [0.05, 0.1) is 22.2 Å². The Morgan fingerprint density at radius 1 is 0.897 bits per heavy atom. The van der Waals surface area contributed by atoms with E-state index in [1.807, 2.05) is 24.3 Å². The minimum atomic E-state index is -0.174. The summed E-state index contributed by atoms with van der Waals surface area (Å²) < 4.78 is 0. The summed E-state index contributed by atoms with van der Waals surface area (Å²) in [6.07, 6.45) is 0.723. The van der Waals surface area contributed by atoms with Gasteiger partial charge in [-0.2, -0.15) is 0 Å². The monoisotopic (exact) mass is 430 g/mol. The molecule has 0 atom stereocenters. The third-order valence-electron chi connectivity index (χ3n) is 4.37. The maximum absolute atomic E-state index is 12.4. The third kappa shape index (κ3) is 5.56. The number of carbonyl (C=O) groups is 1. The molecule has 0 fully saturated rings. The highest BCUT2D eigenvalue weighted by molar-refractivity contribution is 6.39. The number of anilines is 2. The van der Waals surface area contributed by atoms with E-state index in [0.717, 1.165) is 16.8 Å². The Bertz CT molecular complexity index is 1000. The van der Waals surface area contributed by atoms with Crippen molar-refractivity contribution in [2.75, 3.05) is 11.9 Å². The first-order valence-corrected chi connectivity index (χ1v) is 9.76. The van der Waals surface area contributed by atoms with E-state index < -0.39 is 0 Å². The van der Waals surface area contributed by atoms with Crippen molar-refractivity contribution in [1.82, 2.24) is 5.32 Å². The van der Waals surface area contributed by atoms with Crippen LogP contribution in [0, 0.1) is 0 Å². The zero-order chi connectivity index (χ0) is 20.8. The SMILES string of the molecule is O=C(Cc1ccccc1Nc1c(Cl)cccc1Cl)NCCc1ccc(O)c(O)c1. The number of hydrogen-bond acceptors (Lipinski definition) is 4. The molecule has 0 heterocycles. The summed E-state index contributed by atoms with van der Waals surface area (Å²) in [5.74, 6) is -0.472. The van der Waals surface area contributed by atoms with Crippen LogP contribution in [0.1, 0.15) is 11.1 Å². The maximum Gasteiger partial charge on any atom is 0.224 e. The first-order valence-electron chi connectivity index (χ1n) is 9.00. The molecule has 3 aromatic rings. The number of amides is 1. The average molecular weight is 431 g/mol. The topological polar surface area (TPSA) is 81.6 Å². The zero-order valence-electron chi connectivity index (χ0n) is 15.5. The third-order valence-corrected chi connectivity index (χ3v) is 5.00. The molecule has 0 unspecified atom stereocenters. The van der Waals surface area contributed by atoms with Gasteiger partial charge in [0.2, 0.25) is 5.91 Å². The number of aromatic hydroxyl groups is 2. The quantitative estimate of drug-likeness (QED) is 0.395.